The second kappa shape index (κ2) is 7.81. The van der Waals surface area contributed by atoms with Crippen LogP contribution in [0.4, 0.5) is 5.88 Å². The zero-order valence-corrected chi connectivity index (χ0v) is 13.6. The Morgan fingerprint density at radius 2 is 1.84 bits per heavy atom. The van der Waals surface area contributed by atoms with Crippen LogP contribution in [0, 0.1) is 10.1 Å². The molecule has 0 aliphatic heterocycles. The van der Waals surface area contributed by atoms with Gasteiger partial charge in [0.25, 0.3) is 5.91 Å². The Morgan fingerprint density at radius 3 is 2.32 bits per heavy atom. The maximum Gasteiger partial charge on any atom is 0.433 e. The van der Waals surface area contributed by atoms with Crippen molar-refractivity contribution in [1.29, 1.82) is 0 Å². The van der Waals surface area contributed by atoms with Crippen LogP contribution in [0.25, 0.3) is 0 Å². The van der Waals surface area contributed by atoms with Crippen molar-refractivity contribution in [2.45, 2.75) is 0 Å². The van der Waals surface area contributed by atoms with E-state index in [-0.39, 0.29) is 11.3 Å². The van der Waals surface area contributed by atoms with Crippen molar-refractivity contribution >= 4 is 18.0 Å². The SMILES string of the molecule is COc1cc(C(=O)N/N=C/c2ccc([N+](=O)[O-])o2)cc(OC)c1OC. The molecule has 0 unspecified atom stereocenters. The average Bonchev–Trinajstić information content (AvgIpc) is 3.09. The summed E-state index contributed by atoms with van der Waals surface area (Å²) in [5.41, 5.74) is 2.49. The second-order valence-electron chi connectivity index (χ2n) is 4.55. The molecule has 1 aromatic carbocycles. The Labute approximate surface area is 142 Å². The predicted octanol–water partition coefficient (Wildman–Crippen LogP) is 1.98. The van der Waals surface area contributed by atoms with Crippen molar-refractivity contribution in [3.63, 3.8) is 0 Å². The molecule has 0 spiro atoms. The van der Waals surface area contributed by atoms with Crippen LogP contribution in [-0.4, -0.2) is 38.4 Å². The van der Waals surface area contributed by atoms with Gasteiger partial charge in [-0.2, -0.15) is 5.10 Å². The lowest BCUT2D eigenvalue weighted by atomic mass is 10.1. The minimum absolute atomic E-state index is 0.122. The first kappa shape index (κ1) is 17.8. The Kier molecular flexibility index (Phi) is 5.56. The molecule has 0 atom stereocenters. The van der Waals surface area contributed by atoms with E-state index >= 15 is 0 Å². The molecule has 10 heteroatoms. The molecule has 0 radical (unpaired) electrons. The van der Waals surface area contributed by atoms with Crippen molar-refractivity contribution in [1.82, 2.24) is 5.43 Å². The predicted molar refractivity (Wildman–Crippen MR) is 86.5 cm³/mol. The Morgan fingerprint density at radius 1 is 1.20 bits per heavy atom. The third-order valence-electron chi connectivity index (χ3n) is 3.08. The number of rotatable bonds is 7. The minimum Gasteiger partial charge on any atom is -0.493 e. The average molecular weight is 349 g/mol. The molecule has 0 bridgehead atoms. The molecule has 1 N–H and O–H groups in total. The summed E-state index contributed by atoms with van der Waals surface area (Å²) in [5.74, 6) is 0.147. The molecule has 10 nitrogen and oxygen atoms in total. The minimum atomic E-state index is -0.675. The van der Waals surface area contributed by atoms with Gasteiger partial charge in [-0.15, -0.1) is 0 Å². The fraction of sp³-hybridized carbons (Fsp3) is 0.200. The molecular formula is C15H15N3O7. The Bertz CT molecular complexity index is 788. The zero-order valence-electron chi connectivity index (χ0n) is 13.6. The van der Waals surface area contributed by atoms with Crippen LogP contribution < -0.4 is 19.6 Å². The second-order valence-corrected chi connectivity index (χ2v) is 4.55. The monoisotopic (exact) mass is 349 g/mol. The topological polar surface area (TPSA) is 125 Å². The van der Waals surface area contributed by atoms with E-state index < -0.39 is 16.7 Å². The number of nitro groups is 1. The first-order valence-corrected chi connectivity index (χ1v) is 6.87. The van der Waals surface area contributed by atoms with Gasteiger partial charge in [0, 0.05) is 5.56 Å². The van der Waals surface area contributed by atoms with Gasteiger partial charge >= 0.3 is 5.88 Å². The number of carbonyl (C=O) groups excluding carboxylic acids is 1. The van der Waals surface area contributed by atoms with Gasteiger partial charge < -0.3 is 18.6 Å². The summed E-state index contributed by atoms with van der Waals surface area (Å²) in [7, 11) is 4.31. The molecule has 1 aromatic heterocycles. The molecule has 1 heterocycles. The third kappa shape index (κ3) is 4.05. The molecule has 2 aromatic rings. The van der Waals surface area contributed by atoms with Gasteiger partial charge in [-0.3, -0.25) is 14.9 Å². The molecule has 0 saturated carbocycles. The highest BCUT2D eigenvalue weighted by Gasteiger charge is 2.17. The van der Waals surface area contributed by atoms with E-state index in [2.05, 4.69) is 10.5 Å². The lowest BCUT2D eigenvalue weighted by Crippen LogP contribution is -2.18. The number of hydrogen-bond acceptors (Lipinski definition) is 8. The lowest BCUT2D eigenvalue weighted by molar-refractivity contribution is -0.402. The first-order valence-electron chi connectivity index (χ1n) is 6.87. The van der Waals surface area contributed by atoms with Gasteiger partial charge in [0.2, 0.25) is 5.75 Å². The summed E-state index contributed by atoms with van der Waals surface area (Å²) in [5, 5.41) is 14.2. The quantitative estimate of drug-likeness (QED) is 0.460. The van der Waals surface area contributed by atoms with E-state index in [1.54, 1.807) is 0 Å². The number of nitrogens with zero attached hydrogens (tertiary/aromatic N) is 2. The van der Waals surface area contributed by atoms with E-state index in [0.717, 1.165) is 6.21 Å². The number of carbonyl (C=O) groups is 1. The molecule has 2 rings (SSSR count). The number of benzene rings is 1. The van der Waals surface area contributed by atoms with Gasteiger partial charge in [-0.1, -0.05) is 0 Å². The van der Waals surface area contributed by atoms with Crippen LogP contribution in [0.1, 0.15) is 16.1 Å². The summed E-state index contributed by atoms with van der Waals surface area (Å²) in [6.45, 7) is 0. The molecule has 1 amide bonds. The number of amides is 1. The number of ether oxygens (including phenoxy) is 3. The summed E-state index contributed by atoms with van der Waals surface area (Å²) >= 11 is 0. The zero-order chi connectivity index (χ0) is 18.4. The highest BCUT2D eigenvalue weighted by molar-refractivity contribution is 5.96. The van der Waals surface area contributed by atoms with E-state index in [0.29, 0.717) is 17.2 Å². The Hall–Kier alpha value is -3.56. The van der Waals surface area contributed by atoms with E-state index in [9.17, 15) is 14.9 Å². The normalized spacial score (nSPS) is 10.5. The first-order chi connectivity index (χ1) is 12.0. The molecule has 0 aliphatic rings. The van der Waals surface area contributed by atoms with Crippen molar-refractivity contribution in [3.8, 4) is 17.2 Å². The lowest BCUT2D eigenvalue weighted by Gasteiger charge is -2.13. The van der Waals surface area contributed by atoms with E-state index in [4.69, 9.17) is 18.6 Å². The van der Waals surface area contributed by atoms with Gasteiger partial charge in [-0.05, 0) is 18.2 Å². The molecule has 0 saturated heterocycles. The summed E-state index contributed by atoms with van der Waals surface area (Å²) in [6.07, 6.45) is 1.14. The van der Waals surface area contributed by atoms with Crippen LogP contribution in [0.3, 0.4) is 0 Å². The van der Waals surface area contributed by atoms with Gasteiger partial charge in [0.15, 0.2) is 17.3 Å². The van der Waals surface area contributed by atoms with Crippen LogP contribution in [-0.2, 0) is 0 Å². The van der Waals surface area contributed by atoms with Crippen molar-refractivity contribution < 1.29 is 28.3 Å². The number of hydrogen-bond donors (Lipinski definition) is 1. The summed E-state index contributed by atoms with van der Waals surface area (Å²) < 4.78 is 20.4. The third-order valence-corrected chi connectivity index (χ3v) is 3.08. The van der Waals surface area contributed by atoms with Gasteiger partial charge in [0.1, 0.15) is 4.92 Å². The van der Waals surface area contributed by atoms with Crippen LogP contribution in [0.5, 0.6) is 17.2 Å². The Balaban J connectivity index is 2.14. The standard InChI is InChI=1S/C15H15N3O7/c1-22-11-6-9(7-12(23-2)14(11)24-3)15(19)17-16-8-10-4-5-13(25-10)18(20)21/h4-8H,1-3H3,(H,17,19)/b16-8+. The van der Waals surface area contributed by atoms with Crippen LogP contribution >= 0.6 is 0 Å². The summed E-state index contributed by atoms with van der Waals surface area (Å²) in [4.78, 5) is 22.0. The van der Waals surface area contributed by atoms with Crippen LogP contribution in [0.2, 0.25) is 0 Å². The van der Waals surface area contributed by atoms with Crippen molar-refractivity contribution in [2.75, 3.05) is 21.3 Å². The fourth-order valence-corrected chi connectivity index (χ4v) is 1.94. The highest BCUT2D eigenvalue weighted by atomic mass is 16.6. The van der Waals surface area contributed by atoms with Crippen molar-refractivity contribution in [3.05, 3.63) is 45.7 Å². The number of hydrazone groups is 1. The maximum absolute atomic E-state index is 12.2. The summed E-state index contributed by atoms with van der Waals surface area (Å²) in [6, 6.07) is 5.46. The molecular weight excluding hydrogens is 334 g/mol. The number of furan rings is 1. The maximum atomic E-state index is 12.2. The number of methoxy groups -OCH3 is 3. The molecule has 0 aliphatic carbocycles. The molecule has 0 fully saturated rings. The number of nitrogens with one attached hydrogen (secondary N) is 1. The molecule has 132 valence electrons. The fourth-order valence-electron chi connectivity index (χ4n) is 1.94. The van der Waals surface area contributed by atoms with Gasteiger partial charge in [-0.25, -0.2) is 5.43 Å². The van der Waals surface area contributed by atoms with Crippen LogP contribution in [0.15, 0.2) is 33.8 Å². The molecule has 25 heavy (non-hydrogen) atoms. The van der Waals surface area contributed by atoms with Gasteiger partial charge in [0.05, 0.1) is 33.6 Å². The largest absolute Gasteiger partial charge is 0.493 e. The van der Waals surface area contributed by atoms with E-state index in [1.807, 2.05) is 0 Å². The van der Waals surface area contributed by atoms with E-state index in [1.165, 1.54) is 45.6 Å². The highest BCUT2D eigenvalue weighted by Crippen LogP contribution is 2.38. The van der Waals surface area contributed by atoms with Crippen molar-refractivity contribution in [2.24, 2.45) is 5.10 Å². The smallest absolute Gasteiger partial charge is 0.433 e.